The van der Waals surface area contributed by atoms with Gasteiger partial charge in [0.1, 0.15) is 5.60 Å². The van der Waals surface area contributed by atoms with Gasteiger partial charge in [0.15, 0.2) is 0 Å². The van der Waals surface area contributed by atoms with Crippen molar-refractivity contribution >= 4 is 33.6 Å². The normalized spacial score (nSPS) is 11.8. The molecule has 0 radical (unpaired) electrons. The van der Waals surface area contributed by atoms with Crippen LogP contribution in [-0.2, 0) is 17.8 Å². The van der Waals surface area contributed by atoms with Gasteiger partial charge in [-0.1, -0.05) is 48.5 Å². The maximum absolute atomic E-state index is 13.2. The molecule has 0 fully saturated rings. The van der Waals surface area contributed by atoms with E-state index in [2.05, 4.69) is 56.9 Å². The Morgan fingerprint density at radius 2 is 1.69 bits per heavy atom. The number of rotatable bonds is 7. The van der Waals surface area contributed by atoms with Gasteiger partial charge in [-0.05, 0) is 57.0 Å². The predicted octanol–water partition coefficient (Wildman–Crippen LogP) is 6.87. The van der Waals surface area contributed by atoms with Crippen molar-refractivity contribution in [1.82, 2.24) is 14.1 Å². The summed E-state index contributed by atoms with van der Waals surface area (Å²) >= 11 is 0. The highest BCUT2D eigenvalue weighted by atomic mass is 16.6. The standard InChI is InChI=1S/C30H32N4O2/c1-30(2,3)36-29(35)34-27-13-8-7-12-25(27)26-20-24(14-15-28(26)34)33(21-23-10-5-4-6-11-23)18-9-17-32-19-16-31-22-32/h4-8,10-16,19-20,22H,9,17-18,21H2,1-3H3. The second kappa shape index (κ2) is 9.90. The number of benzene rings is 3. The van der Waals surface area contributed by atoms with E-state index >= 15 is 0 Å². The van der Waals surface area contributed by atoms with Crippen LogP contribution < -0.4 is 4.90 Å². The minimum Gasteiger partial charge on any atom is -0.443 e. The number of para-hydroxylation sites is 1. The molecule has 36 heavy (non-hydrogen) atoms. The van der Waals surface area contributed by atoms with Crippen molar-refractivity contribution < 1.29 is 9.53 Å². The van der Waals surface area contributed by atoms with Crippen molar-refractivity contribution in [2.24, 2.45) is 0 Å². The number of nitrogens with zero attached hydrogens (tertiary/aromatic N) is 4. The number of ether oxygens (including phenoxy) is 1. The zero-order chi connectivity index (χ0) is 25.1. The molecule has 184 valence electrons. The Labute approximate surface area is 211 Å². The summed E-state index contributed by atoms with van der Waals surface area (Å²) in [5.41, 5.74) is 3.53. The number of carbonyl (C=O) groups is 1. The second-order valence-electron chi connectivity index (χ2n) is 10.1. The number of aryl methyl sites for hydroxylation is 1. The van der Waals surface area contributed by atoms with Crippen LogP contribution in [0.25, 0.3) is 21.8 Å². The molecule has 0 bridgehead atoms. The van der Waals surface area contributed by atoms with Crippen molar-refractivity contribution in [3.8, 4) is 0 Å². The second-order valence-corrected chi connectivity index (χ2v) is 10.1. The van der Waals surface area contributed by atoms with Gasteiger partial charge in [-0.2, -0.15) is 0 Å². The lowest BCUT2D eigenvalue weighted by Gasteiger charge is -2.25. The van der Waals surface area contributed by atoms with Gasteiger partial charge in [-0.3, -0.25) is 0 Å². The van der Waals surface area contributed by atoms with E-state index in [9.17, 15) is 4.79 Å². The van der Waals surface area contributed by atoms with Crippen molar-refractivity contribution in [2.75, 3.05) is 11.4 Å². The van der Waals surface area contributed by atoms with Crippen LogP contribution in [0, 0.1) is 0 Å². The predicted molar refractivity (Wildman–Crippen MR) is 145 cm³/mol. The Bertz CT molecular complexity index is 1460. The molecule has 6 heteroatoms. The Morgan fingerprint density at radius 1 is 0.944 bits per heavy atom. The van der Waals surface area contributed by atoms with E-state index in [1.54, 1.807) is 4.57 Å². The molecule has 2 heterocycles. The summed E-state index contributed by atoms with van der Waals surface area (Å²) in [4.78, 5) is 19.8. The molecular formula is C30H32N4O2. The Balaban J connectivity index is 1.53. The SMILES string of the molecule is CC(C)(C)OC(=O)n1c2ccccc2c2cc(N(CCCn3ccnc3)Cc3ccccc3)ccc21. The molecule has 0 amide bonds. The molecule has 0 atom stereocenters. The zero-order valence-corrected chi connectivity index (χ0v) is 21.1. The van der Waals surface area contributed by atoms with E-state index in [1.807, 2.05) is 69.8 Å². The van der Waals surface area contributed by atoms with Crippen molar-refractivity contribution in [2.45, 2.75) is 45.9 Å². The maximum Gasteiger partial charge on any atom is 0.419 e. The van der Waals surface area contributed by atoms with Crippen molar-refractivity contribution in [1.29, 1.82) is 0 Å². The van der Waals surface area contributed by atoms with Gasteiger partial charge in [0.25, 0.3) is 0 Å². The number of fused-ring (bicyclic) bond motifs is 3. The third-order valence-corrected chi connectivity index (χ3v) is 6.22. The Hall–Kier alpha value is -4.06. The summed E-state index contributed by atoms with van der Waals surface area (Å²) < 4.78 is 9.55. The monoisotopic (exact) mass is 480 g/mol. The molecule has 0 unspecified atom stereocenters. The van der Waals surface area contributed by atoms with E-state index in [4.69, 9.17) is 4.74 Å². The quantitative estimate of drug-likeness (QED) is 0.255. The number of imidazole rings is 1. The number of hydrogen-bond donors (Lipinski definition) is 0. The van der Waals surface area contributed by atoms with Crippen LogP contribution in [-0.4, -0.2) is 32.4 Å². The third-order valence-electron chi connectivity index (χ3n) is 6.22. The molecular weight excluding hydrogens is 448 g/mol. The highest BCUT2D eigenvalue weighted by Gasteiger charge is 2.23. The molecule has 6 nitrogen and oxygen atoms in total. The first-order valence-corrected chi connectivity index (χ1v) is 12.4. The topological polar surface area (TPSA) is 52.3 Å². The van der Waals surface area contributed by atoms with E-state index < -0.39 is 5.60 Å². The van der Waals surface area contributed by atoms with Crippen LogP contribution in [0.3, 0.4) is 0 Å². The highest BCUT2D eigenvalue weighted by molar-refractivity contribution is 6.13. The molecule has 0 aliphatic carbocycles. The van der Waals surface area contributed by atoms with Gasteiger partial charge in [0.05, 0.1) is 17.4 Å². The smallest absolute Gasteiger partial charge is 0.419 e. The molecule has 0 N–H and O–H groups in total. The largest absolute Gasteiger partial charge is 0.443 e. The van der Waals surface area contributed by atoms with E-state index in [0.29, 0.717) is 0 Å². The Morgan fingerprint density at radius 3 is 2.44 bits per heavy atom. The minimum absolute atomic E-state index is 0.358. The molecule has 2 aromatic heterocycles. The minimum atomic E-state index is -0.573. The van der Waals surface area contributed by atoms with Crippen LogP contribution in [0.5, 0.6) is 0 Å². The van der Waals surface area contributed by atoms with Gasteiger partial charge in [-0.15, -0.1) is 0 Å². The lowest BCUT2D eigenvalue weighted by atomic mass is 10.1. The molecule has 0 saturated heterocycles. The molecule has 3 aromatic carbocycles. The van der Waals surface area contributed by atoms with Gasteiger partial charge < -0.3 is 14.2 Å². The molecule has 5 aromatic rings. The van der Waals surface area contributed by atoms with E-state index in [-0.39, 0.29) is 6.09 Å². The van der Waals surface area contributed by atoms with Crippen LogP contribution >= 0.6 is 0 Å². The molecule has 5 rings (SSSR count). The lowest BCUT2D eigenvalue weighted by molar-refractivity contribution is 0.0551. The van der Waals surface area contributed by atoms with Crippen molar-refractivity contribution in [3.63, 3.8) is 0 Å². The zero-order valence-electron chi connectivity index (χ0n) is 21.1. The molecule has 0 spiro atoms. The van der Waals surface area contributed by atoms with Gasteiger partial charge >= 0.3 is 6.09 Å². The average molecular weight is 481 g/mol. The maximum atomic E-state index is 13.2. The molecule has 0 aliphatic rings. The average Bonchev–Trinajstić information content (AvgIpc) is 3.48. The van der Waals surface area contributed by atoms with Crippen molar-refractivity contribution in [3.05, 3.63) is 97.1 Å². The number of carbonyl (C=O) groups excluding carboxylic acids is 1. The summed E-state index contributed by atoms with van der Waals surface area (Å²) in [5.74, 6) is 0. The van der Waals surface area contributed by atoms with Crippen LogP contribution in [0.1, 0.15) is 32.8 Å². The fourth-order valence-corrected chi connectivity index (χ4v) is 4.63. The molecule has 0 aliphatic heterocycles. The first-order chi connectivity index (χ1) is 17.4. The van der Waals surface area contributed by atoms with Gasteiger partial charge in [0.2, 0.25) is 0 Å². The fourth-order valence-electron chi connectivity index (χ4n) is 4.63. The summed E-state index contributed by atoms with van der Waals surface area (Å²) in [7, 11) is 0. The Kier molecular flexibility index (Phi) is 6.51. The summed E-state index contributed by atoms with van der Waals surface area (Å²) in [6.07, 6.45) is 6.30. The summed E-state index contributed by atoms with van der Waals surface area (Å²) in [5, 5.41) is 2.08. The van der Waals surface area contributed by atoms with Gasteiger partial charge in [0, 0.05) is 48.5 Å². The van der Waals surface area contributed by atoms with Gasteiger partial charge in [-0.25, -0.2) is 14.3 Å². The van der Waals surface area contributed by atoms with Crippen LogP contribution in [0.4, 0.5) is 10.5 Å². The van der Waals surface area contributed by atoms with E-state index in [0.717, 1.165) is 53.5 Å². The number of aromatic nitrogens is 3. The summed E-state index contributed by atoms with van der Waals surface area (Å²) in [6.45, 7) is 8.28. The first-order valence-electron chi connectivity index (χ1n) is 12.4. The van der Waals surface area contributed by atoms with Crippen LogP contribution in [0.2, 0.25) is 0 Å². The number of hydrogen-bond acceptors (Lipinski definition) is 4. The third kappa shape index (κ3) is 5.13. The number of anilines is 1. The summed E-state index contributed by atoms with van der Waals surface area (Å²) in [6, 6.07) is 24.9. The highest BCUT2D eigenvalue weighted by Crippen LogP contribution is 2.33. The fraction of sp³-hybridized carbons (Fsp3) is 0.267. The van der Waals surface area contributed by atoms with Crippen LogP contribution in [0.15, 0.2) is 91.5 Å². The first kappa shape index (κ1) is 23.7. The van der Waals surface area contributed by atoms with E-state index in [1.165, 1.54) is 5.56 Å². The lowest BCUT2D eigenvalue weighted by Crippen LogP contribution is -2.27. The molecule has 0 saturated carbocycles.